The van der Waals surface area contributed by atoms with Gasteiger partial charge < -0.3 is 14.5 Å². The molecule has 0 saturated carbocycles. The van der Waals surface area contributed by atoms with Gasteiger partial charge in [-0.25, -0.2) is 9.37 Å². The lowest BCUT2D eigenvalue weighted by Gasteiger charge is -2.36. The highest BCUT2D eigenvalue weighted by Crippen LogP contribution is 2.30. The monoisotopic (exact) mass is 398 g/mol. The Morgan fingerprint density at radius 1 is 1.00 bits per heavy atom. The van der Waals surface area contributed by atoms with Crippen molar-refractivity contribution < 1.29 is 9.13 Å². The van der Waals surface area contributed by atoms with Crippen molar-refractivity contribution in [3.8, 4) is 5.75 Å². The third kappa shape index (κ3) is 4.25. The molecular formula is C21H23FN4OS. The Morgan fingerprint density at radius 2 is 1.71 bits per heavy atom. The summed E-state index contributed by atoms with van der Waals surface area (Å²) in [6.07, 6.45) is 0.623. The molecule has 7 heteroatoms. The average molecular weight is 399 g/mol. The molecule has 0 aliphatic carbocycles. The third-order valence-electron chi connectivity index (χ3n) is 4.79. The van der Waals surface area contributed by atoms with Gasteiger partial charge in [-0.2, -0.15) is 4.37 Å². The molecule has 1 fully saturated rings. The number of halogens is 1. The highest BCUT2D eigenvalue weighted by Gasteiger charge is 2.22. The van der Waals surface area contributed by atoms with E-state index in [-0.39, 0.29) is 5.82 Å². The van der Waals surface area contributed by atoms with E-state index in [1.807, 2.05) is 19.1 Å². The number of ether oxygens (including phenoxy) is 1. The fourth-order valence-electron chi connectivity index (χ4n) is 3.36. The molecule has 1 aliphatic rings. The highest BCUT2D eigenvalue weighted by atomic mass is 32.1. The van der Waals surface area contributed by atoms with Crippen LogP contribution in [0.1, 0.15) is 18.3 Å². The van der Waals surface area contributed by atoms with Crippen LogP contribution in [0.4, 0.5) is 15.2 Å². The zero-order valence-corrected chi connectivity index (χ0v) is 16.7. The first-order valence-electron chi connectivity index (χ1n) is 9.51. The lowest BCUT2D eigenvalue weighted by molar-refractivity contribution is 0.340. The first kappa shape index (κ1) is 18.7. The molecule has 2 heterocycles. The normalized spacial score (nSPS) is 14.4. The van der Waals surface area contributed by atoms with E-state index in [9.17, 15) is 4.39 Å². The summed E-state index contributed by atoms with van der Waals surface area (Å²) in [6.45, 7) is 6.29. The van der Waals surface area contributed by atoms with E-state index in [4.69, 9.17) is 9.72 Å². The second-order valence-corrected chi connectivity index (χ2v) is 7.40. The molecule has 5 nitrogen and oxygen atoms in total. The van der Waals surface area contributed by atoms with Crippen molar-refractivity contribution in [2.45, 2.75) is 13.3 Å². The maximum absolute atomic E-state index is 13.0. The van der Waals surface area contributed by atoms with Crippen molar-refractivity contribution in [1.82, 2.24) is 9.36 Å². The van der Waals surface area contributed by atoms with Crippen molar-refractivity contribution in [3.05, 3.63) is 65.7 Å². The Bertz CT molecular complexity index is 907. The second kappa shape index (κ2) is 8.56. The molecule has 0 spiro atoms. The van der Waals surface area contributed by atoms with Crippen molar-refractivity contribution in [1.29, 1.82) is 0 Å². The number of rotatable bonds is 6. The number of nitrogens with zero attached hydrogens (tertiary/aromatic N) is 4. The molecule has 0 atom stereocenters. The zero-order chi connectivity index (χ0) is 19.3. The van der Waals surface area contributed by atoms with E-state index < -0.39 is 0 Å². The molecule has 1 aliphatic heterocycles. The Hall–Kier alpha value is -2.67. The zero-order valence-electron chi connectivity index (χ0n) is 15.8. The van der Waals surface area contributed by atoms with Gasteiger partial charge in [0.1, 0.15) is 17.4 Å². The van der Waals surface area contributed by atoms with Gasteiger partial charge in [0.2, 0.25) is 5.13 Å². The van der Waals surface area contributed by atoms with Crippen LogP contribution in [0.2, 0.25) is 0 Å². The average Bonchev–Trinajstić information content (AvgIpc) is 3.19. The molecule has 0 amide bonds. The molecule has 0 N–H and O–H groups in total. The summed E-state index contributed by atoms with van der Waals surface area (Å²) in [7, 11) is 0. The second-order valence-electron chi connectivity index (χ2n) is 6.67. The maximum Gasteiger partial charge on any atom is 0.205 e. The standard InChI is InChI=1S/C21H23FN4OS/c1-2-27-19-6-4-3-5-18(19)25-11-13-26(14-12-25)21-23-20(24-28-21)15-16-7-9-17(22)10-8-16/h3-10H,2,11-15H2,1H3. The van der Waals surface area contributed by atoms with Gasteiger partial charge in [0.05, 0.1) is 12.3 Å². The molecule has 4 rings (SSSR count). The SMILES string of the molecule is CCOc1ccccc1N1CCN(c2nc(Cc3ccc(F)cc3)ns2)CC1. The Kier molecular flexibility index (Phi) is 5.71. The predicted molar refractivity (Wildman–Crippen MR) is 111 cm³/mol. The van der Waals surface area contributed by atoms with Gasteiger partial charge in [-0.15, -0.1) is 0 Å². The fourth-order valence-corrected chi connectivity index (χ4v) is 4.10. The molecule has 2 aromatic carbocycles. The summed E-state index contributed by atoms with van der Waals surface area (Å²) in [5.41, 5.74) is 2.17. The number of hydrogen-bond acceptors (Lipinski definition) is 6. The molecule has 0 unspecified atom stereocenters. The maximum atomic E-state index is 13.0. The quantitative estimate of drug-likeness (QED) is 0.628. The van der Waals surface area contributed by atoms with Crippen LogP contribution in [0.3, 0.4) is 0 Å². The molecule has 1 saturated heterocycles. The summed E-state index contributed by atoms with van der Waals surface area (Å²) < 4.78 is 23.3. The van der Waals surface area contributed by atoms with Crippen LogP contribution in [0, 0.1) is 5.82 Å². The van der Waals surface area contributed by atoms with Crippen molar-refractivity contribution in [2.75, 3.05) is 42.6 Å². The van der Waals surface area contributed by atoms with Crippen molar-refractivity contribution >= 4 is 22.4 Å². The minimum absolute atomic E-state index is 0.223. The Labute approximate surface area is 168 Å². The van der Waals surface area contributed by atoms with Gasteiger partial charge in [0, 0.05) is 44.1 Å². The van der Waals surface area contributed by atoms with Crippen molar-refractivity contribution in [3.63, 3.8) is 0 Å². The molecule has 0 radical (unpaired) electrons. The van der Waals surface area contributed by atoms with Gasteiger partial charge >= 0.3 is 0 Å². The number of anilines is 2. The minimum Gasteiger partial charge on any atom is -0.492 e. The third-order valence-corrected chi connectivity index (χ3v) is 5.60. The smallest absolute Gasteiger partial charge is 0.205 e. The van der Waals surface area contributed by atoms with E-state index in [0.29, 0.717) is 13.0 Å². The summed E-state index contributed by atoms with van der Waals surface area (Å²) >= 11 is 1.43. The topological polar surface area (TPSA) is 41.5 Å². The van der Waals surface area contributed by atoms with Crippen LogP contribution in [0.25, 0.3) is 0 Å². The van der Waals surface area contributed by atoms with Crippen molar-refractivity contribution in [2.24, 2.45) is 0 Å². The summed E-state index contributed by atoms with van der Waals surface area (Å²) in [5.74, 6) is 1.51. The van der Waals surface area contributed by atoms with Crippen LogP contribution in [-0.4, -0.2) is 42.1 Å². The van der Waals surface area contributed by atoms with E-state index >= 15 is 0 Å². The van der Waals surface area contributed by atoms with Gasteiger partial charge in [0.25, 0.3) is 0 Å². The molecule has 3 aromatic rings. The Balaban J connectivity index is 1.38. The van der Waals surface area contributed by atoms with Crippen LogP contribution < -0.4 is 14.5 Å². The van der Waals surface area contributed by atoms with Gasteiger partial charge in [-0.3, -0.25) is 0 Å². The number of piperazine rings is 1. The molecule has 0 bridgehead atoms. The van der Waals surface area contributed by atoms with Gasteiger partial charge in [-0.1, -0.05) is 24.3 Å². The van der Waals surface area contributed by atoms with E-state index in [1.165, 1.54) is 23.7 Å². The number of benzene rings is 2. The lowest BCUT2D eigenvalue weighted by Crippen LogP contribution is -2.46. The minimum atomic E-state index is -0.223. The van der Waals surface area contributed by atoms with Crippen LogP contribution in [0.15, 0.2) is 48.5 Å². The van der Waals surface area contributed by atoms with E-state index in [2.05, 4.69) is 26.3 Å². The van der Waals surface area contributed by atoms with Crippen LogP contribution in [-0.2, 0) is 6.42 Å². The van der Waals surface area contributed by atoms with Crippen LogP contribution in [0.5, 0.6) is 5.75 Å². The highest BCUT2D eigenvalue weighted by molar-refractivity contribution is 7.09. The molecule has 146 valence electrons. The number of para-hydroxylation sites is 2. The fraction of sp³-hybridized carbons (Fsp3) is 0.333. The van der Waals surface area contributed by atoms with E-state index in [0.717, 1.165) is 54.1 Å². The largest absolute Gasteiger partial charge is 0.492 e. The molecular weight excluding hydrogens is 375 g/mol. The summed E-state index contributed by atoms with van der Waals surface area (Å²) in [5, 5.41) is 0.954. The van der Waals surface area contributed by atoms with E-state index in [1.54, 1.807) is 12.1 Å². The Morgan fingerprint density at radius 3 is 2.46 bits per heavy atom. The van der Waals surface area contributed by atoms with Gasteiger partial charge in [-0.05, 0) is 36.8 Å². The first-order valence-corrected chi connectivity index (χ1v) is 10.3. The lowest BCUT2D eigenvalue weighted by atomic mass is 10.1. The molecule has 28 heavy (non-hydrogen) atoms. The molecule has 1 aromatic heterocycles. The number of hydrogen-bond donors (Lipinski definition) is 0. The first-order chi connectivity index (χ1) is 13.7. The summed E-state index contributed by atoms with van der Waals surface area (Å²) in [6, 6.07) is 14.7. The number of aromatic nitrogens is 2. The summed E-state index contributed by atoms with van der Waals surface area (Å²) in [4.78, 5) is 9.34. The predicted octanol–water partition coefficient (Wildman–Crippen LogP) is 3.99. The van der Waals surface area contributed by atoms with Crippen LogP contribution >= 0.6 is 11.5 Å². The van der Waals surface area contributed by atoms with Gasteiger partial charge in [0.15, 0.2) is 0 Å².